The van der Waals surface area contributed by atoms with Gasteiger partial charge in [0.1, 0.15) is 0 Å². The average Bonchev–Trinajstić information content (AvgIpc) is 2.44. The van der Waals surface area contributed by atoms with Crippen molar-refractivity contribution in [3.63, 3.8) is 0 Å². The lowest BCUT2D eigenvalue weighted by Gasteiger charge is -2.14. The van der Waals surface area contributed by atoms with Crippen molar-refractivity contribution in [3.05, 3.63) is 70.5 Å². The van der Waals surface area contributed by atoms with Crippen LogP contribution < -0.4 is 5.73 Å². The number of halogens is 3. The zero-order valence-corrected chi connectivity index (χ0v) is 11.2. The van der Waals surface area contributed by atoms with Crippen molar-refractivity contribution in [2.24, 2.45) is 5.73 Å². The smallest absolute Gasteiger partial charge is 0.194 e. The van der Waals surface area contributed by atoms with E-state index in [4.69, 9.17) is 5.73 Å². The highest BCUT2D eigenvalue weighted by molar-refractivity contribution is 5.34. The first-order valence-electron chi connectivity index (χ1n) is 6.51. The molecule has 106 valence electrons. The minimum atomic E-state index is -1.47. The lowest BCUT2D eigenvalue weighted by Crippen LogP contribution is -2.13. The predicted molar refractivity (Wildman–Crippen MR) is 72.8 cm³/mol. The summed E-state index contributed by atoms with van der Waals surface area (Å²) in [4.78, 5) is 0. The summed E-state index contributed by atoms with van der Waals surface area (Å²) in [5, 5.41) is 0. The molecular formula is C16H16F3N. The first kappa shape index (κ1) is 14.6. The zero-order chi connectivity index (χ0) is 14.7. The highest BCUT2D eigenvalue weighted by Crippen LogP contribution is 2.23. The molecule has 2 rings (SSSR count). The Morgan fingerprint density at radius 1 is 0.950 bits per heavy atom. The second-order valence-electron chi connectivity index (χ2n) is 4.77. The molecule has 0 aromatic heterocycles. The molecular weight excluding hydrogens is 263 g/mol. The Hall–Kier alpha value is -1.81. The van der Waals surface area contributed by atoms with Crippen LogP contribution in [0.25, 0.3) is 0 Å². The lowest BCUT2D eigenvalue weighted by molar-refractivity contribution is 0.444. The summed E-state index contributed by atoms with van der Waals surface area (Å²) < 4.78 is 39.3. The van der Waals surface area contributed by atoms with Crippen molar-refractivity contribution in [2.75, 3.05) is 0 Å². The van der Waals surface area contributed by atoms with Crippen LogP contribution in [0.15, 0.2) is 36.4 Å². The Labute approximate surface area is 116 Å². The van der Waals surface area contributed by atoms with Crippen molar-refractivity contribution in [1.82, 2.24) is 0 Å². The predicted octanol–water partition coefficient (Wildman–Crippen LogP) is 4.10. The Balaban J connectivity index is 2.28. The maximum Gasteiger partial charge on any atom is 0.194 e. The number of nitrogens with two attached hydrogens (primary N) is 1. The van der Waals surface area contributed by atoms with Gasteiger partial charge < -0.3 is 5.73 Å². The fourth-order valence-electron chi connectivity index (χ4n) is 2.13. The first-order valence-corrected chi connectivity index (χ1v) is 6.51. The van der Waals surface area contributed by atoms with E-state index in [0.717, 1.165) is 30.5 Å². The van der Waals surface area contributed by atoms with Crippen molar-refractivity contribution in [1.29, 1.82) is 0 Å². The number of rotatable bonds is 4. The number of aryl methyl sites for hydroxylation is 1. The molecule has 1 nitrogen and oxygen atoms in total. The molecule has 0 amide bonds. The SMILES string of the molecule is CCCc1ccc(C(N)c2cc(F)c(F)c(F)c2)cc1. The van der Waals surface area contributed by atoms with Crippen LogP contribution in [0.5, 0.6) is 0 Å². The van der Waals surface area contributed by atoms with Gasteiger partial charge in [0.05, 0.1) is 6.04 Å². The minimum Gasteiger partial charge on any atom is -0.320 e. The molecule has 1 unspecified atom stereocenters. The van der Waals surface area contributed by atoms with Gasteiger partial charge in [-0.05, 0) is 35.2 Å². The van der Waals surface area contributed by atoms with E-state index in [-0.39, 0.29) is 5.56 Å². The summed E-state index contributed by atoms with van der Waals surface area (Å²) in [7, 11) is 0. The molecule has 0 aliphatic rings. The molecule has 0 fully saturated rings. The molecule has 2 aromatic carbocycles. The van der Waals surface area contributed by atoms with Crippen LogP contribution in [0, 0.1) is 17.5 Å². The Bertz CT molecular complexity index is 570. The van der Waals surface area contributed by atoms with Gasteiger partial charge in [0.2, 0.25) is 0 Å². The Morgan fingerprint density at radius 2 is 1.50 bits per heavy atom. The van der Waals surface area contributed by atoms with E-state index >= 15 is 0 Å². The number of benzene rings is 2. The summed E-state index contributed by atoms with van der Waals surface area (Å²) in [6.07, 6.45) is 2.01. The minimum absolute atomic E-state index is 0.213. The fourth-order valence-corrected chi connectivity index (χ4v) is 2.13. The van der Waals surface area contributed by atoms with Gasteiger partial charge in [0.25, 0.3) is 0 Å². The third-order valence-electron chi connectivity index (χ3n) is 3.24. The van der Waals surface area contributed by atoms with Crippen molar-refractivity contribution < 1.29 is 13.2 Å². The molecule has 0 bridgehead atoms. The molecule has 2 N–H and O–H groups in total. The quantitative estimate of drug-likeness (QED) is 0.838. The third-order valence-corrected chi connectivity index (χ3v) is 3.24. The van der Waals surface area contributed by atoms with E-state index < -0.39 is 23.5 Å². The van der Waals surface area contributed by atoms with E-state index in [1.807, 2.05) is 24.3 Å². The molecule has 4 heteroatoms. The monoisotopic (exact) mass is 279 g/mol. The average molecular weight is 279 g/mol. The van der Waals surface area contributed by atoms with E-state index in [1.54, 1.807) is 0 Å². The largest absolute Gasteiger partial charge is 0.320 e. The molecule has 0 spiro atoms. The zero-order valence-electron chi connectivity index (χ0n) is 11.2. The van der Waals surface area contributed by atoms with Gasteiger partial charge in [-0.25, -0.2) is 13.2 Å². The standard InChI is InChI=1S/C16H16F3N/c1-2-3-10-4-6-11(7-5-10)16(20)12-8-13(17)15(19)14(18)9-12/h4-9,16H,2-3,20H2,1H3. The summed E-state index contributed by atoms with van der Waals surface area (Å²) >= 11 is 0. The summed E-state index contributed by atoms with van der Waals surface area (Å²) in [6.45, 7) is 2.09. The van der Waals surface area contributed by atoms with Crippen molar-refractivity contribution in [3.8, 4) is 0 Å². The van der Waals surface area contributed by atoms with Crippen LogP contribution in [0.1, 0.15) is 36.1 Å². The van der Waals surface area contributed by atoms with Crippen LogP contribution in [-0.2, 0) is 6.42 Å². The highest BCUT2D eigenvalue weighted by atomic mass is 19.2. The van der Waals surface area contributed by atoms with Gasteiger partial charge in [-0.1, -0.05) is 37.6 Å². The van der Waals surface area contributed by atoms with Gasteiger partial charge in [0, 0.05) is 0 Å². The number of hydrogen-bond donors (Lipinski definition) is 1. The molecule has 0 aliphatic heterocycles. The van der Waals surface area contributed by atoms with Crippen LogP contribution in [0.3, 0.4) is 0 Å². The molecule has 0 saturated heterocycles. The lowest BCUT2D eigenvalue weighted by atomic mass is 9.97. The van der Waals surface area contributed by atoms with Gasteiger partial charge in [-0.15, -0.1) is 0 Å². The highest BCUT2D eigenvalue weighted by Gasteiger charge is 2.16. The second-order valence-corrected chi connectivity index (χ2v) is 4.77. The Kier molecular flexibility index (Phi) is 4.45. The summed E-state index contributed by atoms with van der Waals surface area (Å²) in [6, 6.07) is 8.72. The topological polar surface area (TPSA) is 26.0 Å². The molecule has 0 saturated carbocycles. The van der Waals surface area contributed by atoms with Crippen molar-refractivity contribution in [2.45, 2.75) is 25.8 Å². The van der Waals surface area contributed by atoms with Gasteiger partial charge >= 0.3 is 0 Å². The maximum atomic E-state index is 13.2. The van der Waals surface area contributed by atoms with Gasteiger partial charge in [-0.2, -0.15) is 0 Å². The van der Waals surface area contributed by atoms with Crippen molar-refractivity contribution >= 4 is 0 Å². The first-order chi connectivity index (χ1) is 9.52. The van der Waals surface area contributed by atoms with Gasteiger partial charge in [0.15, 0.2) is 17.5 Å². The molecule has 20 heavy (non-hydrogen) atoms. The van der Waals surface area contributed by atoms with Gasteiger partial charge in [-0.3, -0.25) is 0 Å². The molecule has 1 atom stereocenters. The normalized spacial score (nSPS) is 12.4. The van der Waals surface area contributed by atoms with E-state index in [0.29, 0.717) is 0 Å². The Morgan fingerprint density at radius 3 is 2.00 bits per heavy atom. The van der Waals surface area contributed by atoms with E-state index in [1.165, 1.54) is 5.56 Å². The maximum absolute atomic E-state index is 13.2. The van der Waals surface area contributed by atoms with Crippen LogP contribution in [-0.4, -0.2) is 0 Å². The van der Waals surface area contributed by atoms with Crippen LogP contribution >= 0.6 is 0 Å². The molecule has 0 heterocycles. The molecule has 0 aliphatic carbocycles. The van der Waals surface area contributed by atoms with Crippen LogP contribution in [0.2, 0.25) is 0 Å². The fraction of sp³-hybridized carbons (Fsp3) is 0.250. The van der Waals surface area contributed by atoms with E-state index in [2.05, 4.69) is 6.92 Å². The molecule has 0 radical (unpaired) electrons. The van der Waals surface area contributed by atoms with Crippen LogP contribution in [0.4, 0.5) is 13.2 Å². The molecule has 2 aromatic rings. The summed E-state index contributed by atoms with van der Waals surface area (Å²) in [5.74, 6) is -3.92. The summed E-state index contributed by atoms with van der Waals surface area (Å²) in [5.41, 5.74) is 8.10. The third kappa shape index (κ3) is 3.02. The second kappa shape index (κ2) is 6.09. The van der Waals surface area contributed by atoms with E-state index in [9.17, 15) is 13.2 Å². The number of hydrogen-bond acceptors (Lipinski definition) is 1.